The first-order valence-corrected chi connectivity index (χ1v) is 9.30. The van der Waals surface area contributed by atoms with E-state index in [4.69, 9.17) is 21.1 Å². The lowest BCUT2D eigenvalue weighted by molar-refractivity contribution is -0.384. The van der Waals surface area contributed by atoms with Gasteiger partial charge in [0.2, 0.25) is 0 Å². The summed E-state index contributed by atoms with van der Waals surface area (Å²) in [7, 11) is 3.11. The van der Waals surface area contributed by atoms with Crippen molar-refractivity contribution >= 4 is 29.3 Å². The molecule has 1 amide bonds. The van der Waals surface area contributed by atoms with E-state index in [-0.39, 0.29) is 28.6 Å². The van der Waals surface area contributed by atoms with Crippen LogP contribution >= 0.6 is 11.6 Å². The second-order valence-corrected chi connectivity index (χ2v) is 6.76. The molecule has 156 valence electrons. The van der Waals surface area contributed by atoms with E-state index in [1.54, 1.807) is 45.3 Å². The predicted molar refractivity (Wildman–Crippen MR) is 112 cm³/mol. The molecule has 2 rings (SSSR count). The highest BCUT2D eigenvalue weighted by molar-refractivity contribution is 6.32. The topological polar surface area (TPSA) is 106 Å². The van der Waals surface area contributed by atoms with Gasteiger partial charge in [-0.1, -0.05) is 23.7 Å². The van der Waals surface area contributed by atoms with Crippen molar-refractivity contribution in [1.29, 1.82) is 5.26 Å². The molecule has 0 aliphatic rings. The number of nitro benzene ring substituents is 1. The number of rotatable bonds is 8. The Morgan fingerprint density at radius 1 is 1.30 bits per heavy atom. The van der Waals surface area contributed by atoms with Crippen LogP contribution in [0.15, 0.2) is 42.0 Å². The van der Waals surface area contributed by atoms with Gasteiger partial charge < -0.3 is 14.4 Å². The smallest absolute Gasteiger partial charge is 0.269 e. The molecule has 0 spiro atoms. The average Bonchev–Trinajstić information content (AvgIpc) is 2.71. The van der Waals surface area contributed by atoms with Gasteiger partial charge in [-0.3, -0.25) is 14.9 Å². The molecule has 0 atom stereocenters. The van der Waals surface area contributed by atoms with Crippen molar-refractivity contribution in [3.05, 3.63) is 68.2 Å². The van der Waals surface area contributed by atoms with E-state index < -0.39 is 10.8 Å². The van der Waals surface area contributed by atoms with Gasteiger partial charge in [0.25, 0.3) is 11.6 Å². The molecule has 0 bridgehead atoms. The first-order valence-electron chi connectivity index (χ1n) is 8.92. The number of non-ortho nitro benzene ring substituents is 1. The highest BCUT2D eigenvalue weighted by atomic mass is 35.5. The Morgan fingerprint density at radius 3 is 2.63 bits per heavy atom. The number of nitriles is 1. The number of benzene rings is 2. The van der Waals surface area contributed by atoms with Gasteiger partial charge in [-0.25, -0.2) is 0 Å². The van der Waals surface area contributed by atoms with E-state index in [2.05, 4.69) is 0 Å². The molecule has 0 saturated carbocycles. The van der Waals surface area contributed by atoms with Gasteiger partial charge in [-0.2, -0.15) is 5.26 Å². The van der Waals surface area contributed by atoms with Crippen LogP contribution in [0.3, 0.4) is 0 Å². The fourth-order valence-electron chi connectivity index (χ4n) is 2.54. The maximum atomic E-state index is 12.1. The zero-order valence-corrected chi connectivity index (χ0v) is 17.5. The van der Waals surface area contributed by atoms with Gasteiger partial charge in [0.05, 0.1) is 16.6 Å². The summed E-state index contributed by atoms with van der Waals surface area (Å²) < 4.78 is 11.4. The largest absolute Gasteiger partial charge is 0.490 e. The van der Waals surface area contributed by atoms with Crippen LogP contribution in [0.1, 0.15) is 18.1 Å². The molecule has 0 aromatic heterocycles. The monoisotopic (exact) mass is 429 g/mol. The number of likely N-dealkylation sites (N-methyl/N-ethyl adjacent to an activating group) is 1. The van der Waals surface area contributed by atoms with E-state index in [1.807, 2.05) is 6.07 Å². The highest BCUT2D eigenvalue weighted by Gasteiger charge is 2.16. The van der Waals surface area contributed by atoms with Crippen molar-refractivity contribution in [2.75, 3.05) is 20.7 Å². The van der Waals surface area contributed by atoms with Crippen LogP contribution < -0.4 is 9.47 Å². The Bertz CT molecular complexity index is 1030. The lowest BCUT2D eigenvalue weighted by Gasteiger charge is -2.15. The minimum Gasteiger partial charge on any atom is -0.490 e. The maximum Gasteiger partial charge on any atom is 0.269 e. The molecule has 30 heavy (non-hydrogen) atoms. The van der Waals surface area contributed by atoms with Crippen molar-refractivity contribution in [2.24, 2.45) is 0 Å². The Labute approximate surface area is 179 Å². The lowest BCUT2D eigenvalue weighted by atomic mass is 10.1. The number of halogens is 1. The van der Waals surface area contributed by atoms with Gasteiger partial charge in [-0.15, -0.1) is 0 Å². The number of nitro groups is 1. The highest BCUT2D eigenvalue weighted by Crippen LogP contribution is 2.38. The van der Waals surface area contributed by atoms with Crippen LogP contribution in [-0.2, 0) is 11.4 Å². The third-order valence-electron chi connectivity index (χ3n) is 3.90. The fraction of sp³-hybridized carbons (Fsp3) is 0.238. The van der Waals surface area contributed by atoms with Gasteiger partial charge >= 0.3 is 0 Å². The zero-order valence-electron chi connectivity index (χ0n) is 16.7. The van der Waals surface area contributed by atoms with Crippen LogP contribution in [-0.4, -0.2) is 36.4 Å². The molecule has 0 unspecified atom stereocenters. The summed E-state index contributed by atoms with van der Waals surface area (Å²) >= 11 is 6.37. The summed E-state index contributed by atoms with van der Waals surface area (Å²) in [5, 5.41) is 20.4. The van der Waals surface area contributed by atoms with Gasteiger partial charge in [0, 0.05) is 26.2 Å². The molecule has 2 aromatic rings. The van der Waals surface area contributed by atoms with Crippen molar-refractivity contribution in [1.82, 2.24) is 4.90 Å². The van der Waals surface area contributed by atoms with E-state index >= 15 is 0 Å². The third kappa shape index (κ3) is 5.72. The molecule has 8 nitrogen and oxygen atoms in total. The summed E-state index contributed by atoms with van der Waals surface area (Å²) in [5.41, 5.74) is 0.999. The number of hydrogen-bond acceptors (Lipinski definition) is 6. The van der Waals surface area contributed by atoms with Crippen molar-refractivity contribution < 1.29 is 19.2 Å². The summed E-state index contributed by atoms with van der Waals surface area (Å²) in [6.45, 7) is 2.16. The minimum absolute atomic E-state index is 0.0395. The molecule has 0 N–H and O–H groups in total. The normalized spacial score (nSPS) is 10.8. The second-order valence-electron chi connectivity index (χ2n) is 6.35. The molecule has 0 saturated heterocycles. The zero-order chi connectivity index (χ0) is 22.3. The molecule has 2 aromatic carbocycles. The molecular formula is C21H20ClN3O5. The fourth-order valence-corrected chi connectivity index (χ4v) is 2.81. The van der Waals surface area contributed by atoms with Crippen LogP contribution in [0, 0.1) is 21.4 Å². The van der Waals surface area contributed by atoms with E-state index in [9.17, 15) is 20.2 Å². The first kappa shape index (κ1) is 22.7. The van der Waals surface area contributed by atoms with Crippen LogP contribution in [0.2, 0.25) is 5.02 Å². The van der Waals surface area contributed by atoms with Crippen molar-refractivity contribution in [2.45, 2.75) is 13.5 Å². The number of ether oxygens (including phenoxy) is 2. The summed E-state index contributed by atoms with van der Waals surface area (Å²) in [6, 6.07) is 11.1. The van der Waals surface area contributed by atoms with Crippen molar-refractivity contribution in [3.63, 3.8) is 0 Å². The number of hydrogen-bond donors (Lipinski definition) is 0. The molecular weight excluding hydrogens is 410 g/mol. The van der Waals surface area contributed by atoms with E-state index in [0.29, 0.717) is 23.5 Å². The maximum absolute atomic E-state index is 12.1. The number of carbonyl (C=O) groups is 1. The van der Waals surface area contributed by atoms with Crippen LogP contribution in [0.5, 0.6) is 11.5 Å². The average molecular weight is 430 g/mol. The standard InChI is InChI=1S/C21H20ClN3O5/c1-4-29-19-11-15(8-16(12-23)21(26)24(2)3)10-18(22)20(19)30-13-14-6-5-7-17(9-14)25(27)28/h5-11H,4,13H2,1-3H3/b16-8-. The molecule has 0 aliphatic carbocycles. The quantitative estimate of drug-likeness (QED) is 0.269. The number of nitrogens with zero attached hydrogens (tertiary/aromatic N) is 3. The third-order valence-corrected chi connectivity index (χ3v) is 4.19. The van der Waals surface area contributed by atoms with Crippen LogP contribution in [0.4, 0.5) is 5.69 Å². The lowest BCUT2D eigenvalue weighted by Crippen LogP contribution is -2.22. The molecule has 0 aliphatic heterocycles. The number of carbonyl (C=O) groups excluding carboxylic acids is 1. The van der Waals surface area contributed by atoms with Crippen LogP contribution in [0.25, 0.3) is 6.08 Å². The van der Waals surface area contributed by atoms with Gasteiger partial charge in [-0.05, 0) is 36.3 Å². The number of amides is 1. The van der Waals surface area contributed by atoms with E-state index in [0.717, 1.165) is 0 Å². The summed E-state index contributed by atoms with van der Waals surface area (Å²) in [6.07, 6.45) is 1.42. The molecule has 9 heteroatoms. The molecule has 0 fully saturated rings. The van der Waals surface area contributed by atoms with Gasteiger partial charge in [0.1, 0.15) is 18.2 Å². The SMILES string of the molecule is CCOc1cc(/C=C(/C#N)C(=O)N(C)C)cc(Cl)c1OCc1cccc([N+](=O)[O-])c1. The summed E-state index contributed by atoms with van der Waals surface area (Å²) in [4.78, 5) is 23.8. The second kappa shape index (κ2) is 10.3. The van der Waals surface area contributed by atoms with Crippen molar-refractivity contribution in [3.8, 4) is 17.6 Å². The molecule has 0 radical (unpaired) electrons. The Balaban J connectivity index is 2.35. The Kier molecular flexibility index (Phi) is 7.78. The Hall–Kier alpha value is -3.57. The van der Waals surface area contributed by atoms with Gasteiger partial charge in [0.15, 0.2) is 11.5 Å². The van der Waals surface area contributed by atoms with E-state index in [1.165, 1.54) is 23.1 Å². The summed E-state index contributed by atoms with van der Waals surface area (Å²) in [5.74, 6) is 0.161. The Morgan fingerprint density at radius 2 is 2.03 bits per heavy atom. The first-order chi connectivity index (χ1) is 14.3. The predicted octanol–water partition coefficient (Wildman–Crippen LogP) is 4.22. The molecule has 0 heterocycles. The minimum atomic E-state index is -0.481.